The second-order valence-corrected chi connectivity index (χ2v) is 5.86. The van der Waals surface area contributed by atoms with Crippen molar-refractivity contribution >= 4 is 0 Å². The Morgan fingerprint density at radius 2 is 2.00 bits per heavy atom. The highest BCUT2D eigenvalue weighted by atomic mass is 16.5. The number of phenols is 1. The number of hydrogen-bond donors (Lipinski definition) is 2. The highest BCUT2D eigenvalue weighted by molar-refractivity contribution is 5.83. The summed E-state index contributed by atoms with van der Waals surface area (Å²) < 4.78 is 11.1. The molecule has 0 fully saturated rings. The molecular weight excluding hydrogens is 278 g/mol. The first-order valence-electron chi connectivity index (χ1n) is 7.56. The van der Waals surface area contributed by atoms with Gasteiger partial charge in [-0.1, -0.05) is 6.07 Å². The largest absolute Gasteiger partial charge is 0.508 e. The average molecular weight is 297 g/mol. The second kappa shape index (κ2) is 4.92. The number of benzene rings is 2. The minimum absolute atomic E-state index is 0.310. The van der Waals surface area contributed by atoms with Crippen LogP contribution in [0.5, 0.6) is 17.2 Å². The van der Waals surface area contributed by atoms with Crippen molar-refractivity contribution in [3.63, 3.8) is 0 Å². The van der Waals surface area contributed by atoms with Gasteiger partial charge in [-0.2, -0.15) is 0 Å². The monoisotopic (exact) mass is 297 g/mol. The minimum Gasteiger partial charge on any atom is -0.508 e. The van der Waals surface area contributed by atoms with E-state index in [-0.39, 0.29) is 0 Å². The summed E-state index contributed by atoms with van der Waals surface area (Å²) in [5, 5.41) is 13.7. The molecule has 0 aromatic heterocycles. The Labute approximate surface area is 129 Å². The van der Waals surface area contributed by atoms with Crippen molar-refractivity contribution in [3.05, 3.63) is 41.0 Å². The van der Waals surface area contributed by atoms with Gasteiger partial charge < -0.3 is 19.9 Å². The topological polar surface area (TPSA) is 50.7 Å². The molecule has 4 rings (SSSR count). The van der Waals surface area contributed by atoms with Gasteiger partial charge in [-0.15, -0.1) is 0 Å². The first-order valence-corrected chi connectivity index (χ1v) is 7.56. The zero-order valence-corrected chi connectivity index (χ0v) is 12.8. The number of hydrogen-bond acceptors (Lipinski definition) is 4. The van der Waals surface area contributed by atoms with E-state index in [0.29, 0.717) is 11.8 Å². The number of ether oxygens (including phenoxy) is 2. The predicted molar refractivity (Wildman–Crippen MR) is 84.8 cm³/mol. The van der Waals surface area contributed by atoms with Crippen molar-refractivity contribution in [2.75, 3.05) is 20.8 Å². The van der Waals surface area contributed by atoms with Crippen molar-refractivity contribution < 1.29 is 14.6 Å². The first-order chi connectivity index (χ1) is 10.7. The molecule has 1 atom stereocenters. The Bertz CT molecular complexity index is 754. The van der Waals surface area contributed by atoms with Crippen molar-refractivity contribution in [3.8, 4) is 28.4 Å². The van der Waals surface area contributed by atoms with E-state index in [1.54, 1.807) is 14.2 Å². The molecule has 1 aliphatic heterocycles. The summed E-state index contributed by atoms with van der Waals surface area (Å²) in [7, 11) is 3.31. The number of rotatable bonds is 2. The molecule has 4 heteroatoms. The zero-order chi connectivity index (χ0) is 15.3. The molecular formula is C18H19NO3. The maximum absolute atomic E-state index is 10.1. The van der Waals surface area contributed by atoms with Gasteiger partial charge in [-0.25, -0.2) is 0 Å². The third-order valence-corrected chi connectivity index (χ3v) is 4.71. The fourth-order valence-corrected chi connectivity index (χ4v) is 3.83. The number of methoxy groups -OCH3 is 2. The molecule has 114 valence electrons. The Kier molecular flexibility index (Phi) is 3.01. The van der Waals surface area contributed by atoms with Crippen LogP contribution in [0.4, 0.5) is 0 Å². The van der Waals surface area contributed by atoms with Gasteiger partial charge >= 0.3 is 0 Å². The fraction of sp³-hybridized carbons (Fsp3) is 0.333. The predicted octanol–water partition coefficient (Wildman–Crippen LogP) is 2.82. The van der Waals surface area contributed by atoms with Crippen LogP contribution in [0.15, 0.2) is 24.3 Å². The second-order valence-electron chi connectivity index (χ2n) is 5.86. The quantitative estimate of drug-likeness (QED) is 0.895. The van der Waals surface area contributed by atoms with Crippen molar-refractivity contribution in [2.45, 2.75) is 18.9 Å². The van der Waals surface area contributed by atoms with Gasteiger partial charge in [-0.3, -0.25) is 0 Å². The lowest BCUT2D eigenvalue weighted by atomic mass is 9.77. The summed E-state index contributed by atoms with van der Waals surface area (Å²) in [6.45, 7) is 0.948. The molecule has 0 bridgehead atoms. The molecule has 0 spiro atoms. The third kappa shape index (κ3) is 1.80. The molecule has 0 saturated heterocycles. The van der Waals surface area contributed by atoms with E-state index in [0.717, 1.165) is 42.0 Å². The van der Waals surface area contributed by atoms with Gasteiger partial charge in [0.25, 0.3) is 0 Å². The zero-order valence-electron chi connectivity index (χ0n) is 12.8. The molecule has 2 N–H and O–H groups in total. The molecule has 4 nitrogen and oxygen atoms in total. The summed E-state index contributed by atoms with van der Waals surface area (Å²) in [5.74, 6) is 1.78. The summed E-state index contributed by atoms with van der Waals surface area (Å²) in [5.41, 5.74) is 5.86. The minimum atomic E-state index is 0.310. The Morgan fingerprint density at radius 1 is 1.14 bits per heavy atom. The molecule has 0 amide bonds. The third-order valence-electron chi connectivity index (χ3n) is 4.71. The van der Waals surface area contributed by atoms with E-state index in [4.69, 9.17) is 9.47 Å². The van der Waals surface area contributed by atoms with Crippen LogP contribution in [0.1, 0.15) is 22.7 Å². The SMILES string of the molecule is COc1ccc2c(c1OC)-c1cc(O)cc3c1C(C2)NCC3. The maximum Gasteiger partial charge on any atom is 0.168 e. The van der Waals surface area contributed by atoms with Crippen LogP contribution < -0.4 is 14.8 Å². The van der Waals surface area contributed by atoms with E-state index in [2.05, 4.69) is 11.4 Å². The Hall–Kier alpha value is -2.20. The Morgan fingerprint density at radius 3 is 2.77 bits per heavy atom. The smallest absolute Gasteiger partial charge is 0.168 e. The summed E-state index contributed by atoms with van der Waals surface area (Å²) >= 11 is 0. The lowest BCUT2D eigenvalue weighted by Crippen LogP contribution is -2.33. The van der Waals surface area contributed by atoms with Gasteiger partial charge in [-0.05, 0) is 59.8 Å². The molecule has 1 heterocycles. The molecule has 1 aliphatic carbocycles. The van der Waals surface area contributed by atoms with Crippen LogP contribution in [0.25, 0.3) is 11.1 Å². The van der Waals surface area contributed by atoms with Crippen molar-refractivity contribution in [2.24, 2.45) is 0 Å². The fourth-order valence-electron chi connectivity index (χ4n) is 3.83. The highest BCUT2D eigenvalue weighted by Crippen LogP contribution is 2.50. The van der Waals surface area contributed by atoms with Gasteiger partial charge in [0.2, 0.25) is 0 Å². The number of fused-ring (bicyclic) bond motifs is 2. The normalized spacial score (nSPS) is 18.4. The molecule has 2 aromatic carbocycles. The summed E-state index contributed by atoms with van der Waals surface area (Å²) in [4.78, 5) is 0. The highest BCUT2D eigenvalue weighted by Gasteiger charge is 2.32. The first kappa shape index (κ1) is 13.5. The Balaban J connectivity index is 2.05. The molecule has 0 saturated carbocycles. The van der Waals surface area contributed by atoms with Gasteiger partial charge in [0.1, 0.15) is 5.75 Å². The summed E-state index contributed by atoms with van der Waals surface area (Å²) in [6.07, 6.45) is 1.87. The van der Waals surface area contributed by atoms with Crippen LogP contribution >= 0.6 is 0 Å². The van der Waals surface area contributed by atoms with Crippen LogP contribution in [0.3, 0.4) is 0 Å². The van der Waals surface area contributed by atoms with E-state index < -0.39 is 0 Å². The van der Waals surface area contributed by atoms with E-state index in [9.17, 15) is 5.11 Å². The van der Waals surface area contributed by atoms with Crippen molar-refractivity contribution in [1.29, 1.82) is 0 Å². The molecule has 1 unspecified atom stereocenters. The lowest BCUT2D eigenvalue weighted by Gasteiger charge is -2.35. The van der Waals surface area contributed by atoms with Gasteiger partial charge in [0.05, 0.1) is 14.2 Å². The van der Waals surface area contributed by atoms with E-state index in [1.807, 2.05) is 18.2 Å². The van der Waals surface area contributed by atoms with Crippen molar-refractivity contribution in [1.82, 2.24) is 5.32 Å². The molecule has 2 aromatic rings. The number of phenolic OH excluding ortho intramolecular Hbond substituents is 1. The van der Waals surface area contributed by atoms with Gasteiger partial charge in [0, 0.05) is 11.6 Å². The van der Waals surface area contributed by atoms with E-state index >= 15 is 0 Å². The van der Waals surface area contributed by atoms with Crippen LogP contribution in [-0.2, 0) is 12.8 Å². The maximum atomic E-state index is 10.1. The molecule has 22 heavy (non-hydrogen) atoms. The van der Waals surface area contributed by atoms with Gasteiger partial charge in [0.15, 0.2) is 11.5 Å². The van der Waals surface area contributed by atoms with Crippen LogP contribution in [-0.4, -0.2) is 25.9 Å². The lowest BCUT2D eigenvalue weighted by molar-refractivity contribution is 0.355. The summed E-state index contributed by atoms with van der Waals surface area (Å²) in [6, 6.07) is 8.10. The van der Waals surface area contributed by atoms with E-state index in [1.165, 1.54) is 16.7 Å². The molecule has 2 aliphatic rings. The van der Waals surface area contributed by atoms with Crippen LogP contribution in [0.2, 0.25) is 0 Å². The average Bonchev–Trinajstić information content (AvgIpc) is 2.53. The molecule has 0 radical (unpaired) electrons. The van der Waals surface area contributed by atoms with Crippen LogP contribution in [0, 0.1) is 0 Å². The number of nitrogens with one attached hydrogen (secondary N) is 1. The standard InChI is InChI=1S/C18H19NO3/c1-21-15-4-3-10-8-14-16-11(5-6-19-14)7-12(20)9-13(16)17(10)18(15)22-2/h3-4,7,9,14,19-20H,5-6,8H2,1-2H3. The number of aromatic hydroxyl groups is 1.